The number of carbonyl (C=O) groups is 1. The second kappa shape index (κ2) is 10.9. The summed E-state index contributed by atoms with van der Waals surface area (Å²) in [6, 6.07) is 16.0. The number of sulfonamides is 1. The molecule has 0 radical (unpaired) electrons. The highest BCUT2D eigenvalue weighted by atomic mass is 32.2. The van der Waals surface area contributed by atoms with Crippen LogP contribution in [0.1, 0.15) is 28.8 Å². The zero-order chi connectivity index (χ0) is 22.3. The first-order valence-electron chi connectivity index (χ1n) is 10.6. The van der Waals surface area contributed by atoms with Crippen LogP contribution in [0.25, 0.3) is 0 Å². The van der Waals surface area contributed by atoms with Crippen molar-refractivity contribution in [1.29, 1.82) is 0 Å². The van der Waals surface area contributed by atoms with Gasteiger partial charge in [-0.1, -0.05) is 42.5 Å². The van der Waals surface area contributed by atoms with Gasteiger partial charge in [-0.2, -0.15) is 0 Å². The summed E-state index contributed by atoms with van der Waals surface area (Å²) in [5.74, 6) is 0.196. The van der Waals surface area contributed by atoms with Gasteiger partial charge in [-0.15, -0.1) is 0 Å². The normalized spacial score (nSPS) is 15.7. The van der Waals surface area contributed by atoms with E-state index < -0.39 is 10.0 Å². The molecule has 0 bridgehead atoms. The van der Waals surface area contributed by atoms with E-state index in [1.54, 1.807) is 36.4 Å². The van der Waals surface area contributed by atoms with E-state index in [4.69, 9.17) is 5.73 Å². The van der Waals surface area contributed by atoms with Crippen molar-refractivity contribution in [2.75, 3.05) is 42.8 Å². The molecule has 2 aromatic carbocycles. The summed E-state index contributed by atoms with van der Waals surface area (Å²) in [5.41, 5.74) is 7.34. The number of likely N-dealkylation sites (tertiary alicyclic amines) is 1. The molecule has 1 heterocycles. The Balaban J connectivity index is 1.73. The molecule has 8 heteroatoms. The molecule has 3 rings (SSSR count). The first-order chi connectivity index (χ1) is 14.9. The Morgan fingerprint density at radius 3 is 2.29 bits per heavy atom. The summed E-state index contributed by atoms with van der Waals surface area (Å²) in [5, 5.41) is 9.29. The van der Waals surface area contributed by atoms with Crippen molar-refractivity contribution in [3.05, 3.63) is 65.7 Å². The molecule has 0 atom stereocenters. The van der Waals surface area contributed by atoms with Gasteiger partial charge in [0.05, 0.1) is 24.5 Å². The molecule has 0 spiro atoms. The monoisotopic (exact) mass is 445 g/mol. The summed E-state index contributed by atoms with van der Waals surface area (Å²) in [7, 11) is -3.57. The summed E-state index contributed by atoms with van der Waals surface area (Å²) >= 11 is 0. The standard InChI is InChI=1S/C23H31N3O4S/c24-16-23(28)21-8-6-19(7-9-21)17-26(22-4-2-1-3-5-22)31(29,30)15-14-25-12-10-20(18-27)11-13-25/h1-9,20,27H,10-18,24H2. The molecule has 0 aromatic heterocycles. The lowest BCUT2D eigenvalue weighted by atomic mass is 9.98. The Morgan fingerprint density at radius 2 is 1.71 bits per heavy atom. The number of ketones is 1. The predicted molar refractivity (Wildman–Crippen MR) is 122 cm³/mol. The van der Waals surface area contributed by atoms with E-state index in [0.717, 1.165) is 31.5 Å². The lowest BCUT2D eigenvalue weighted by Gasteiger charge is -2.32. The number of anilines is 1. The third-order valence-corrected chi connectivity index (χ3v) is 7.51. The van der Waals surface area contributed by atoms with Crippen LogP contribution in [0.4, 0.5) is 5.69 Å². The molecule has 0 saturated carbocycles. The molecule has 0 amide bonds. The quantitative estimate of drug-likeness (QED) is 0.541. The zero-order valence-electron chi connectivity index (χ0n) is 17.7. The Labute approximate surface area is 184 Å². The smallest absolute Gasteiger partial charge is 0.236 e. The van der Waals surface area contributed by atoms with Crippen molar-refractivity contribution in [3.63, 3.8) is 0 Å². The van der Waals surface area contributed by atoms with Gasteiger partial charge >= 0.3 is 0 Å². The zero-order valence-corrected chi connectivity index (χ0v) is 18.5. The molecule has 1 saturated heterocycles. The molecule has 7 nitrogen and oxygen atoms in total. The maximum Gasteiger partial charge on any atom is 0.236 e. The second-order valence-electron chi connectivity index (χ2n) is 7.95. The topological polar surface area (TPSA) is 104 Å². The molecule has 2 aromatic rings. The van der Waals surface area contributed by atoms with Gasteiger partial charge in [0.1, 0.15) is 0 Å². The first-order valence-corrected chi connectivity index (χ1v) is 12.2. The van der Waals surface area contributed by atoms with Crippen molar-refractivity contribution >= 4 is 21.5 Å². The number of carbonyl (C=O) groups excluding carboxylic acids is 1. The fourth-order valence-electron chi connectivity index (χ4n) is 3.77. The Kier molecular flexibility index (Phi) is 8.20. The highest BCUT2D eigenvalue weighted by molar-refractivity contribution is 7.92. The van der Waals surface area contributed by atoms with Crippen LogP contribution in [-0.2, 0) is 16.6 Å². The van der Waals surface area contributed by atoms with Crippen LogP contribution >= 0.6 is 0 Å². The van der Waals surface area contributed by atoms with Crippen LogP contribution in [-0.4, -0.2) is 62.7 Å². The highest BCUT2D eigenvalue weighted by Crippen LogP contribution is 2.22. The Morgan fingerprint density at radius 1 is 1.06 bits per heavy atom. The van der Waals surface area contributed by atoms with Gasteiger partial charge in [0.25, 0.3) is 0 Å². The van der Waals surface area contributed by atoms with Crippen molar-refractivity contribution in [2.24, 2.45) is 11.7 Å². The van der Waals surface area contributed by atoms with Crippen LogP contribution in [0.2, 0.25) is 0 Å². The summed E-state index contributed by atoms with van der Waals surface area (Å²) < 4.78 is 28.1. The fourth-order valence-corrected chi connectivity index (χ4v) is 5.27. The maximum atomic E-state index is 13.3. The van der Waals surface area contributed by atoms with E-state index in [0.29, 0.717) is 23.7 Å². The van der Waals surface area contributed by atoms with E-state index in [1.165, 1.54) is 4.31 Å². The van der Waals surface area contributed by atoms with Crippen LogP contribution in [0, 0.1) is 5.92 Å². The molecule has 0 unspecified atom stereocenters. The highest BCUT2D eigenvalue weighted by Gasteiger charge is 2.25. The predicted octanol–water partition coefficient (Wildman–Crippen LogP) is 1.87. The lowest BCUT2D eigenvalue weighted by Crippen LogP contribution is -2.41. The van der Waals surface area contributed by atoms with Crippen LogP contribution < -0.4 is 10.0 Å². The van der Waals surface area contributed by atoms with Gasteiger partial charge in [-0.05, 0) is 49.5 Å². The molecular weight excluding hydrogens is 414 g/mol. The molecule has 3 N–H and O–H groups in total. The number of nitrogens with two attached hydrogens (primary N) is 1. The van der Waals surface area contributed by atoms with E-state index in [9.17, 15) is 18.3 Å². The third kappa shape index (κ3) is 6.36. The number of Topliss-reactive ketones (excluding diaryl/α,β-unsaturated/α-hetero) is 1. The number of aliphatic hydroxyl groups is 1. The van der Waals surface area contributed by atoms with Crippen molar-refractivity contribution < 1.29 is 18.3 Å². The van der Waals surface area contributed by atoms with E-state index >= 15 is 0 Å². The van der Waals surface area contributed by atoms with Crippen molar-refractivity contribution in [1.82, 2.24) is 4.90 Å². The molecule has 1 aliphatic heterocycles. The number of piperidine rings is 1. The minimum Gasteiger partial charge on any atom is -0.396 e. The number of aliphatic hydroxyl groups excluding tert-OH is 1. The van der Waals surface area contributed by atoms with Gasteiger partial charge in [-0.3, -0.25) is 9.10 Å². The number of benzene rings is 2. The largest absolute Gasteiger partial charge is 0.396 e. The second-order valence-corrected chi connectivity index (χ2v) is 9.96. The maximum absolute atomic E-state index is 13.3. The SMILES string of the molecule is NCC(=O)c1ccc(CN(c2ccccc2)S(=O)(=O)CCN2CCC(CO)CC2)cc1. The molecule has 1 aliphatic rings. The third-order valence-electron chi connectivity index (χ3n) is 5.80. The molecule has 31 heavy (non-hydrogen) atoms. The summed E-state index contributed by atoms with van der Waals surface area (Å²) in [4.78, 5) is 13.9. The van der Waals surface area contributed by atoms with E-state index in [1.807, 2.05) is 18.2 Å². The minimum atomic E-state index is -3.57. The molecular formula is C23H31N3O4S. The molecule has 1 fully saturated rings. The Hall–Kier alpha value is -2.26. The van der Waals surface area contributed by atoms with Crippen LogP contribution in [0.3, 0.4) is 0 Å². The average molecular weight is 446 g/mol. The summed E-state index contributed by atoms with van der Waals surface area (Å²) in [6.07, 6.45) is 1.79. The van der Waals surface area contributed by atoms with Crippen molar-refractivity contribution in [3.8, 4) is 0 Å². The van der Waals surface area contributed by atoms with E-state index in [-0.39, 0.29) is 31.2 Å². The van der Waals surface area contributed by atoms with Gasteiger partial charge in [0, 0.05) is 18.7 Å². The average Bonchev–Trinajstić information content (AvgIpc) is 2.82. The van der Waals surface area contributed by atoms with Gasteiger partial charge < -0.3 is 15.7 Å². The number of hydrogen-bond donors (Lipinski definition) is 2. The minimum absolute atomic E-state index is 0.0232. The number of nitrogens with zero attached hydrogens (tertiary/aromatic N) is 2. The van der Waals surface area contributed by atoms with Gasteiger partial charge in [0.2, 0.25) is 10.0 Å². The number of rotatable bonds is 10. The van der Waals surface area contributed by atoms with Gasteiger partial charge in [0.15, 0.2) is 5.78 Å². The molecule has 168 valence electrons. The molecule has 0 aliphatic carbocycles. The number of para-hydroxylation sites is 1. The summed E-state index contributed by atoms with van der Waals surface area (Å²) in [6.45, 7) is 2.41. The fraction of sp³-hybridized carbons (Fsp3) is 0.435. The van der Waals surface area contributed by atoms with E-state index in [2.05, 4.69) is 4.90 Å². The van der Waals surface area contributed by atoms with Crippen LogP contribution in [0.15, 0.2) is 54.6 Å². The van der Waals surface area contributed by atoms with Crippen LogP contribution in [0.5, 0.6) is 0 Å². The van der Waals surface area contributed by atoms with Gasteiger partial charge in [-0.25, -0.2) is 8.42 Å². The van der Waals surface area contributed by atoms with Crippen molar-refractivity contribution in [2.45, 2.75) is 19.4 Å². The first kappa shape index (κ1) is 23.4. The number of hydrogen-bond acceptors (Lipinski definition) is 6. The Bertz CT molecular complexity index is 941. The lowest BCUT2D eigenvalue weighted by molar-refractivity contribution is 0.100.